The lowest BCUT2D eigenvalue weighted by Crippen LogP contribution is -2.61. The van der Waals surface area contributed by atoms with E-state index in [0.717, 1.165) is 4.90 Å². The number of nitrogens with zero attached hydrogens (tertiary/aromatic N) is 1. The zero-order valence-electron chi connectivity index (χ0n) is 10.0. The number of fused-ring (bicyclic) bond motifs is 1. The molecule has 2 fully saturated rings. The van der Waals surface area contributed by atoms with Crippen molar-refractivity contribution in [1.82, 2.24) is 4.90 Å². The molecule has 0 N–H and O–H groups in total. The van der Waals surface area contributed by atoms with E-state index in [1.807, 2.05) is 0 Å². The van der Waals surface area contributed by atoms with Gasteiger partial charge in [0.1, 0.15) is 6.17 Å². The molecule has 1 aliphatic heterocycles. The summed E-state index contributed by atoms with van der Waals surface area (Å²) in [4.78, 5) is 35.4. The van der Waals surface area contributed by atoms with E-state index in [2.05, 4.69) is 11.3 Å². The Labute approximate surface area is 104 Å². The van der Waals surface area contributed by atoms with Crippen LogP contribution in [-0.2, 0) is 19.1 Å². The predicted molar refractivity (Wildman–Crippen MR) is 59.0 cm³/mol. The van der Waals surface area contributed by atoms with E-state index in [9.17, 15) is 18.8 Å². The van der Waals surface area contributed by atoms with E-state index < -0.39 is 24.7 Å². The van der Waals surface area contributed by atoms with Crippen molar-refractivity contribution in [3.8, 4) is 0 Å². The Bertz CT molecular complexity index is 434. The average Bonchev–Trinajstić information content (AvgIpc) is 2.64. The van der Waals surface area contributed by atoms with Gasteiger partial charge in [0, 0.05) is 12.0 Å². The topological polar surface area (TPSA) is 63.7 Å². The van der Waals surface area contributed by atoms with Gasteiger partial charge in [-0.15, -0.1) is 0 Å². The summed E-state index contributed by atoms with van der Waals surface area (Å²) in [6.07, 6.45) is -0.644. The van der Waals surface area contributed by atoms with Crippen LogP contribution in [0, 0.1) is 5.92 Å². The molecule has 1 heterocycles. The number of imide groups is 1. The van der Waals surface area contributed by atoms with Crippen molar-refractivity contribution in [3.63, 3.8) is 0 Å². The molecule has 3 unspecified atom stereocenters. The van der Waals surface area contributed by atoms with Gasteiger partial charge in [0.25, 0.3) is 5.91 Å². The van der Waals surface area contributed by atoms with E-state index in [4.69, 9.17) is 0 Å². The summed E-state index contributed by atoms with van der Waals surface area (Å²) in [6.45, 7) is 4.33. The third-order valence-electron chi connectivity index (χ3n) is 3.30. The van der Waals surface area contributed by atoms with Gasteiger partial charge in [-0.05, 0) is 13.3 Å². The van der Waals surface area contributed by atoms with Crippen LogP contribution in [0.5, 0.6) is 0 Å². The monoisotopic (exact) mass is 255 g/mol. The number of likely N-dealkylation sites (tertiary alicyclic amines) is 1. The molecular formula is C12H14FNO4. The third-order valence-corrected chi connectivity index (χ3v) is 3.30. The maximum Gasteiger partial charge on any atom is 0.333 e. The number of β-lactam (4-membered cyclic amide) rings is 1. The summed E-state index contributed by atoms with van der Waals surface area (Å²) in [7, 11) is 0. The van der Waals surface area contributed by atoms with E-state index in [0.29, 0.717) is 0 Å². The number of hydrogen-bond donors (Lipinski definition) is 0. The van der Waals surface area contributed by atoms with Crippen molar-refractivity contribution in [2.75, 3.05) is 6.61 Å². The highest BCUT2D eigenvalue weighted by Crippen LogP contribution is 2.41. The number of alkyl halides is 1. The number of ether oxygens (including phenoxy) is 1. The van der Waals surface area contributed by atoms with Crippen LogP contribution in [-0.4, -0.2) is 41.5 Å². The Hall–Kier alpha value is -1.72. The van der Waals surface area contributed by atoms with Crippen molar-refractivity contribution in [1.29, 1.82) is 0 Å². The summed E-state index contributed by atoms with van der Waals surface area (Å²) in [5.41, 5.74) is 0.181. The maximum absolute atomic E-state index is 13.1. The van der Waals surface area contributed by atoms with E-state index >= 15 is 0 Å². The van der Waals surface area contributed by atoms with Crippen molar-refractivity contribution in [3.05, 3.63) is 12.2 Å². The molecule has 2 rings (SSSR count). The van der Waals surface area contributed by atoms with Crippen LogP contribution < -0.4 is 0 Å². The van der Waals surface area contributed by atoms with E-state index in [1.165, 1.54) is 6.92 Å². The predicted octanol–water partition coefficient (Wildman–Crippen LogP) is 0.591. The molecule has 0 aromatic rings. The fraction of sp³-hybridized carbons (Fsp3) is 0.583. The lowest BCUT2D eigenvalue weighted by molar-refractivity contribution is -0.168. The molecule has 0 aromatic carbocycles. The minimum Gasteiger partial charge on any atom is -0.452 e. The summed E-state index contributed by atoms with van der Waals surface area (Å²) < 4.78 is 17.8. The fourth-order valence-corrected chi connectivity index (χ4v) is 2.39. The second kappa shape index (κ2) is 4.51. The van der Waals surface area contributed by atoms with Crippen LogP contribution in [0.25, 0.3) is 0 Å². The first-order chi connectivity index (χ1) is 8.41. The van der Waals surface area contributed by atoms with Crippen molar-refractivity contribution in [2.24, 2.45) is 5.92 Å². The number of amides is 2. The highest BCUT2D eigenvalue weighted by molar-refractivity contribution is 6.03. The van der Waals surface area contributed by atoms with Gasteiger partial charge in [-0.1, -0.05) is 6.58 Å². The number of carbonyl (C=O) groups excluding carboxylic acids is 3. The average molecular weight is 255 g/mol. The molecule has 5 nitrogen and oxygen atoms in total. The van der Waals surface area contributed by atoms with Gasteiger partial charge in [-0.2, -0.15) is 0 Å². The number of hydrogen-bond acceptors (Lipinski definition) is 4. The lowest BCUT2D eigenvalue weighted by atomic mass is 9.90. The van der Waals surface area contributed by atoms with Crippen LogP contribution in [0.15, 0.2) is 12.2 Å². The molecule has 0 radical (unpaired) electrons. The molecule has 1 saturated heterocycles. The van der Waals surface area contributed by atoms with Crippen molar-refractivity contribution < 1.29 is 23.5 Å². The molecule has 2 amide bonds. The number of halogens is 1. The normalized spacial score (nSPS) is 29.6. The zero-order valence-corrected chi connectivity index (χ0v) is 10.0. The largest absolute Gasteiger partial charge is 0.452 e. The van der Waals surface area contributed by atoms with Crippen molar-refractivity contribution in [2.45, 2.75) is 32.0 Å². The Morgan fingerprint density at radius 3 is 2.78 bits per heavy atom. The minimum absolute atomic E-state index is 0.181. The smallest absolute Gasteiger partial charge is 0.333 e. The molecule has 1 saturated carbocycles. The lowest BCUT2D eigenvalue weighted by Gasteiger charge is -2.41. The van der Waals surface area contributed by atoms with Gasteiger partial charge in [0.15, 0.2) is 6.61 Å². The van der Waals surface area contributed by atoms with Crippen LogP contribution in [0.3, 0.4) is 0 Å². The highest BCUT2D eigenvalue weighted by Gasteiger charge is 2.55. The number of rotatable bonds is 3. The summed E-state index contributed by atoms with van der Waals surface area (Å²) in [5, 5.41) is 0. The summed E-state index contributed by atoms with van der Waals surface area (Å²) >= 11 is 0. The molecule has 18 heavy (non-hydrogen) atoms. The Morgan fingerprint density at radius 2 is 2.17 bits per heavy atom. The molecule has 98 valence electrons. The van der Waals surface area contributed by atoms with Crippen LogP contribution in [0.2, 0.25) is 0 Å². The third kappa shape index (κ3) is 2.02. The van der Waals surface area contributed by atoms with Crippen LogP contribution in [0.1, 0.15) is 19.8 Å². The summed E-state index contributed by atoms with van der Waals surface area (Å²) in [6, 6.07) is -0.358. The first-order valence-electron chi connectivity index (χ1n) is 5.74. The second-order valence-electron chi connectivity index (χ2n) is 4.70. The van der Waals surface area contributed by atoms with Gasteiger partial charge in [-0.25, -0.2) is 9.18 Å². The van der Waals surface area contributed by atoms with Gasteiger partial charge >= 0.3 is 5.97 Å². The standard InChI is InChI=1S/C12H14FNO4/c1-6(2)12(17)18-5-10(15)14-9-4-7(13)3-8(9)11(14)16/h7-9H,1,3-5H2,2H3. The zero-order chi connectivity index (χ0) is 13.4. The Morgan fingerprint density at radius 1 is 1.50 bits per heavy atom. The van der Waals surface area contributed by atoms with E-state index in [1.54, 1.807) is 0 Å². The van der Waals surface area contributed by atoms with Crippen molar-refractivity contribution >= 4 is 17.8 Å². The van der Waals surface area contributed by atoms with E-state index in [-0.39, 0.29) is 36.3 Å². The molecule has 1 aliphatic carbocycles. The first-order valence-corrected chi connectivity index (χ1v) is 5.74. The van der Waals surface area contributed by atoms with Gasteiger partial charge in [0.05, 0.1) is 12.0 Å². The van der Waals surface area contributed by atoms with Gasteiger partial charge in [-0.3, -0.25) is 14.5 Å². The van der Waals surface area contributed by atoms with Gasteiger partial charge in [0.2, 0.25) is 5.91 Å². The molecule has 2 aliphatic rings. The van der Waals surface area contributed by atoms with Crippen LogP contribution in [0.4, 0.5) is 4.39 Å². The minimum atomic E-state index is -1.03. The summed E-state index contributed by atoms with van der Waals surface area (Å²) in [5.74, 6) is -2.01. The SMILES string of the molecule is C=C(C)C(=O)OCC(=O)N1C(=O)C2CC(F)CC21. The fourth-order valence-electron chi connectivity index (χ4n) is 2.39. The molecular weight excluding hydrogens is 241 g/mol. The molecule has 0 spiro atoms. The molecule has 3 atom stereocenters. The number of carbonyl (C=O) groups is 3. The van der Waals surface area contributed by atoms with Gasteiger partial charge < -0.3 is 4.74 Å². The van der Waals surface area contributed by atoms with Crippen LogP contribution >= 0.6 is 0 Å². The first kappa shape index (κ1) is 12.7. The Kier molecular flexibility index (Phi) is 3.19. The maximum atomic E-state index is 13.1. The second-order valence-corrected chi connectivity index (χ2v) is 4.70. The molecule has 0 bridgehead atoms. The number of esters is 1. The molecule has 6 heteroatoms. The quantitative estimate of drug-likeness (QED) is 0.420. The highest BCUT2D eigenvalue weighted by atomic mass is 19.1. The Balaban J connectivity index is 1.89. The molecule has 0 aromatic heterocycles.